The van der Waals surface area contributed by atoms with Gasteiger partial charge in [-0.2, -0.15) is 0 Å². The van der Waals surface area contributed by atoms with Crippen molar-refractivity contribution in [2.24, 2.45) is 11.8 Å². The summed E-state index contributed by atoms with van der Waals surface area (Å²) >= 11 is 0. The highest BCUT2D eigenvalue weighted by Crippen LogP contribution is 2.39. The van der Waals surface area contributed by atoms with Gasteiger partial charge in [-0.25, -0.2) is 0 Å². The number of aryl methyl sites for hydroxylation is 1. The molecule has 1 aliphatic heterocycles. The molecule has 0 amide bonds. The second-order valence-electron chi connectivity index (χ2n) is 5.06. The van der Waals surface area contributed by atoms with Crippen LogP contribution in [0.4, 0.5) is 0 Å². The summed E-state index contributed by atoms with van der Waals surface area (Å²) < 4.78 is 0. The van der Waals surface area contributed by atoms with Crippen molar-refractivity contribution in [2.75, 3.05) is 13.1 Å². The van der Waals surface area contributed by atoms with Crippen LogP contribution in [0.5, 0.6) is 0 Å². The molecule has 2 aliphatic rings. The van der Waals surface area contributed by atoms with E-state index in [2.05, 4.69) is 29.4 Å². The van der Waals surface area contributed by atoms with Gasteiger partial charge in [-0.05, 0) is 60.9 Å². The Bertz CT molecular complexity index is 422. The fraction of sp³-hybridized carbons (Fsp3) is 0.500. The summed E-state index contributed by atoms with van der Waals surface area (Å²) in [4.78, 5) is 4.29. The van der Waals surface area contributed by atoms with E-state index in [1.54, 1.807) is 0 Å². The van der Waals surface area contributed by atoms with Gasteiger partial charge in [-0.1, -0.05) is 6.08 Å². The topological polar surface area (TPSA) is 24.9 Å². The molecule has 2 nitrogen and oxygen atoms in total. The zero-order chi connectivity index (χ0) is 11.0. The zero-order valence-corrected chi connectivity index (χ0v) is 9.74. The molecule has 0 radical (unpaired) electrons. The van der Waals surface area contributed by atoms with Crippen LogP contribution in [0.25, 0.3) is 5.57 Å². The molecule has 1 N–H and O–H groups in total. The van der Waals surface area contributed by atoms with Crippen molar-refractivity contribution < 1.29 is 0 Å². The van der Waals surface area contributed by atoms with Gasteiger partial charge in [0.15, 0.2) is 0 Å². The lowest BCUT2D eigenvalue weighted by atomic mass is 9.89. The monoisotopic (exact) mass is 214 g/mol. The normalized spacial score (nSPS) is 28.7. The number of piperidine rings is 1. The van der Waals surface area contributed by atoms with E-state index >= 15 is 0 Å². The number of rotatable bonds is 1. The first-order valence-corrected chi connectivity index (χ1v) is 6.16. The summed E-state index contributed by atoms with van der Waals surface area (Å²) in [6.45, 7) is 4.46. The van der Waals surface area contributed by atoms with E-state index in [9.17, 15) is 0 Å². The highest BCUT2D eigenvalue weighted by Gasteiger charge is 2.29. The molecule has 1 aromatic rings. The highest BCUT2D eigenvalue weighted by atomic mass is 14.9. The van der Waals surface area contributed by atoms with Gasteiger partial charge >= 0.3 is 0 Å². The Kier molecular flexibility index (Phi) is 2.52. The van der Waals surface area contributed by atoms with Crippen molar-refractivity contribution in [3.63, 3.8) is 0 Å². The quantitative estimate of drug-likeness (QED) is 0.776. The van der Waals surface area contributed by atoms with E-state index in [0.717, 1.165) is 18.4 Å². The van der Waals surface area contributed by atoms with E-state index in [0.29, 0.717) is 0 Å². The summed E-state index contributed by atoms with van der Waals surface area (Å²) in [5.41, 5.74) is 4.09. The zero-order valence-electron chi connectivity index (χ0n) is 9.74. The summed E-state index contributed by atoms with van der Waals surface area (Å²) in [7, 11) is 0. The lowest BCUT2D eigenvalue weighted by Gasteiger charge is -2.25. The van der Waals surface area contributed by atoms with Gasteiger partial charge < -0.3 is 5.32 Å². The molecule has 0 bridgehead atoms. The van der Waals surface area contributed by atoms with Crippen molar-refractivity contribution in [2.45, 2.75) is 19.8 Å². The van der Waals surface area contributed by atoms with Crippen LogP contribution >= 0.6 is 0 Å². The van der Waals surface area contributed by atoms with Crippen molar-refractivity contribution in [1.82, 2.24) is 10.3 Å². The summed E-state index contributed by atoms with van der Waals surface area (Å²) in [6.07, 6.45) is 8.96. The van der Waals surface area contributed by atoms with Crippen LogP contribution in [0.15, 0.2) is 24.5 Å². The van der Waals surface area contributed by atoms with Gasteiger partial charge in [0, 0.05) is 18.9 Å². The molecule has 16 heavy (non-hydrogen) atoms. The summed E-state index contributed by atoms with van der Waals surface area (Å²) in [6, 6.07) is 2.25. The van der Waals surface area contributed by atoms with E-state index in [1.807, 2.05) is 12.4 Å². The van der Waals surface area contributed by atoms with E-state index < -0.39 is 0 Å². The van der Waals surface area contributed by atoms with Crippen molar-refractivity contribution in [1.29, 1.82) is 0 Å². The standard InChI is InChI=1S/C14H18N2/c1-10-4-13(9-16-7-10)12-5-11-2-3-15-8-14(11)6-12/h4,6-7,9,11,14-15H,2-3,5,8H2,1H3/t11-,14-/m0/s1. The Balaban J connectivity index is 1.86. The number of hydrogen-bond acceptors (Lipinski definition) is 2. The molecule has 3 rings (SSSR count). The van der Waals surface area contributed by atoms with Crippen LogP contribution in [-0.4, -0.2) is 18.1 Å². The van der Waals surface area contributed by atoms with Gasteiger partial charge in [0.25, 0.3) is 0 Å². The van der Waals surface area contributed by atoms with Crippen LogP contribution < -0.4 is 5.32 Å². The van der Waals surface area contributed by atoms with Crippen molar-refractivity contribution >= 4 is 5.57 Å². The third-order valence-corrected chi connectivity index (χ3v) is 3.82. The second-order valence-corrected chi connectivity index (χ2v) is 5.06. The predicted molar refractivity (Wildman–Crippen MR) is 66.0 cm³/mol. The Hall–Kier alpha value is -1.15. The SMILES string of the molecule is Cc1cncc(C2=C[C@H]3CNCC[C@H]3C2)c1. The molecule has 0 aromatic carbocycles. The van der Waals surface area contributed by atoms with E-state index in [-0.39, 0.29) is 0 Å². The smallest absolute Gasteiger partial charge is 0.0343 e. The first-order valence-electron chi connectivity index (χ1n) is 6.16. The lowest BCUT2D eigenvalue weighted by Crippen LogP contribution is -2.33. The number of allylic oxidation sites excluding steroid dienone is 1. The Labute approximate surface area is 96.8 Å². The van der Waals surface area contributed by atoms with Gasteiger partial charge in [0.05, 0.1) is 0 Å². The van der Waals surface area contributed by atoms with Crippen LogP contribution in [-0.2, 0) is 0 Å². The molecular weight excluding hydrogens is 196 g/mol. The molecule has 1 saturated heterocycles. The van der Waals surface area contributed by atoms with Crippen LogP contribution in [0.1, 0.15) is 24.0 Å². The van der Waals surface area contributed by atoms with Crippen LogP contribution in [0.2, 0.25) is 0 Å². The van der Waals surface area contributed by atoms with Crippen LogP contribution in [0.3, 0.4) is 0 Å². The minimum absolute atomic E-state index is 0.754. The molecule has 0 saturated carbocycles. The maximum Gasteiger partial charge on any atom is 0.0343 e. The minimum Gasteiger partial charge on any atom is -0.316 e. The molecule has 1 aliphatic carbocycles. The second kappa shape index (κ2) is 4.02. The van der Waals surface area contributed by atoms with E-state index in [1.165, 1.54) is 36.1 Å². The van der Waals surface area contributed by atoms with E-state index in [4.69, 9.17) is 0 Å². The Morgan fingerprint density at radius 2 is 2.31 bits per heavy atom. The average molecular weight is 214 g/mol. The first-order chi connectivity index (χ1) is 7.83. The fourth-order valence-electron chi connectivity index (χ4n) is 2.94. The number of nitrogens with one attached hydrogen (secondary N) is 1. The number of hydrogen-bond donors (Lipinski definition) is 1. The molecule has 1 fully saturated rings. The summed E-state index contributed by atoms with van der Waals surface area (Å²) in [5.74, 6) is 1.63. The largest absolute Gasteiger partial charge is 0.316 e. The molecule has 0 unspecified atom stereocenters. The maximum atomic E-state index is 4.29. The molecular formula is C14H18N2. The Morgan fingerprint density at radius 1 is 1.38 bits per heavy atom. The highest BCUT2D eigenvalue weighted by molar-refractivity contribution is 5.68. The Morgan fingerprint density at radius 3 is 3.12 bits per heavy atom. The molecule has 0 spiro atoms. The number of aromatic nitrogens is 1. The fourth-order valence-corrected chi connectivity index (χ4v) is 2.94. The number of fused-ring (bicyclic) bond motifs is 1. The predicted octanol–water partition coefficient (Wildman–Crippen LogP) is 2.40. The van der Waals surface area contributed by atoms with Gasteiger partial charge in [0.1, 0.15) is 0 Å². The average Bonchev–Trinajstić information content (AvgIpc) is 2.72. The third-order valence-electron chi connectivity index (χ3n) is 3.82. The van der Waals surface area contributed by atoms with Crippen molar-refractivity contribution in [3.05, 3.63) is 35.7 Å². The third kappa shape index (κ3) is 1.78. The number of pyridine rings is 1. The van der Waals surface area contributed by atoms with Gasteiger partial charge in [-0.3, -0.25) is 4.98 Å². The van der Waals surface area contributed by atoms with Gasteiger partial charge in [-0.15, -0.1) is 0 Å². The molecule has 2 heteroatoms. The van der Waals surface area contributed by atoms with Crippen LogP contribution in [0, 0.1) is 18.8 Å². The lowest BCUT2D eigenvalue weighted by molar-refractivity contribution is 0.323. The molecule has 2 atom stereocenters. The summed E-state index contributed by atoms with van der Waals surface area (Å²) in [5, 5.41) is 3.48. The number of nitrogens with zero attached hydrogens (tertiary/aromatic N) is 1. The molecule has 1 aromatic heterocycles. The van der Waals surface area contributed by atoms with Gasteiger partial charge in [0.2, 0.25) is 0 Å². The first kappa shape index (κ1) is 10.0. The molecule has 84 valence electrons. The minimum atomic E-state index is 0.754. The molecule has 2 heterocycles. The van der Waals surface area contributed by atoms with Crippen molar-refractivity contribution in [3.8, 4) is 0 Å². The maximum absolute atomic E-state index is 4.29.